The molecular weight excluding hydrogens is 406 g/mol. The molecule has 0 saturated carbocycles. The monoisotopic (exact) mass is 435 g/mol. The number of hydrogen-bond donors (Lipinski definition) is 0. The van der Waals surface area contributed by atoms with Crippen LogP contribution in [-0.4, -0.2) is 5.16 Å². The zero-order valence-electron chi connectivity index (χ0n) is 19.6. The van der Waals surface area contributed by atoms with E-state index in [1.807, 2.05) is 13.8 Å². The van der Waals surface area contributed by atoms with E-state index in [-0.39, 0.29) is 0 Å². The average molecular weight is 436 g/mol. The highest BCUT2D eigenvalue weighted by atomic mass is 32.1. The van der Waals surface area contributed by atoms with Crippen LogP contribution in [0.1, 0.15) is 57.9 Å². The molecule has 0 fully saturated rings. The van der Waals surface area contributed by atoms with Crippen molar-refractivity contribution in [3.8, 4) is 23.0 Å². The Balaban J connectivity index is 1.63. The maximum absolute atomic E-state index is 4.75. The molecule has 0 aromatic heterocycles. The van der Waals surface area contributed by atoms with Gasteiger partial charge < -0.3 is 0 Å². The third-order valence-electron chi connectivity index (χ3n) is 6.63. The van der Waals surface area contributed by atoms with E-state index in [9.17, 15) is 0 Å². The number of fused-ring (bicyclic) bond motifs is 1. The number of isothiocyanates is 1. The van der Waals surface area contributed by atoms with Crippen LogP contribution in [0.3, 0.4) is 0 Å². The van der Waals surface area contributed by atoms with Gasteiger partial charge in [0, 0.05) is 11.1 Å². The van der Waals surface area contributed by atoms with Crippen molar-refractivity contribution in [3.63, 3.8) is 0 Å². The van der Waals surface area contributed by atoms with E-state index in [0.29, 0.717) is 0 Å². The highest BCUT2D eigenvalue weighted by molar-refractivity contribution is 7.78. The Morgan fingerprint density at radius 2 is 1.53 bits per heavy atom. The zero-order chi connectivity index (χ0) is 22.8. The van der Waals surface area contributed by atoms with Crippen LogP contribution >= 0.6 is 12.2 Å². The summed E-state index contributed by atoms with van der Waals surface area (Å²) >= 11 is 4.75. The van der Waals surface area contributed by atoms with Gasteiger partial charge in [-0.3, -0.25) is 0 Å². The van der Waals surface area contributed by atoms with Crippen LogP contribution in [-0.2, 0) is 12.8 Å². The molecule has 1 aliphatic rings. The predicted molar refractivity (Wildman–Crippen MR) is 139 cm³/mol. The van der Waals surface area contributed by atoms with Gasteiger partial charge in [-0.2, -0.15) is 4.99 Å². The largest absolute Gasteiger partial charge is 0.194 e. The summed E-state index contributed by atoms with van der Waals surface area (Å²) in [6.07, 6.45) is 3.71. The lowest BCUT2D eigenvalue weighted by molar-refractivity contribution is 0.500. The summed E-state index contributed by atoms with van der Waals surface area (Å²) in [5.74, 6) is 7.41. The molecule has 4 rings (SSSR count). The van der Waals surface area contributed by atoms with Gasteiger partial charge in [0.15, 0.2) is 0 Å². The number of rotatable bonds is 2. The number of thiocarbonyl (C=S) groups is 1. The molecule has 0 heterocycles. The van der Waals surface area contributed by atoms with Crippen LogP contribution in [0.5, 0.6) is 0 Å². The van der Waals surface area contributed by atoms with Gasteiger partial charge in [0.05, 0.1) is 10.8 Å². The van der Waals surface area contributed by atoms with Crippen molar-refractivity contribution in [3.05, 3.63) is 87.0 Å². The van der Waals surface area contributed by atoms with Crippen molar-refractivity contribution < 1.29 is 0 Å². The second-order valence-electron chi connectivity index (χ2n) is 9.17. The third-order valence-corrected chi connectivity index (χ3v) is 6.72. The fourth-order valence-corrected chi connectivity index (χ4v) is 5.16. The van der Waals surface area contributed by atoms with Crippen molar-refractivity contribution >= 4 is 23.1 Å². The molecule has 1 nitrogen and oxygen atoms in total. The van der Waals surface area contributed by atoms with Crippen LogP contribution in [0, 0.1) is 45.5 Å². The van der Waals surface area contributed by atoms with E-state index < -0.39 is 0 Å². The molecule has 0 radical (unpaired) electrons. The smallest absolute Gasteiger partial charge is 0.0798 e. The average Bonchev–Trinajstić information content (AvgIpc) is 2.75. The molecule has 32 heavy (non-hydrogen) atoms. The second-order valence-corrected chi connectivity index (χ2v) is 9.35. The highest BCUT2D eigenvalue weighted by Crippen LogP contribution is 2.36. The van der Waals surface area contributed by atoms with Gasteiger partial charge in [0.1, 0.15) is 0 Å². The number of aryl methyl sites for hydroxylation is 3. The van der Waals surface area contributed by atoms with Gasteiger partial charge >= 0.3 is 0 Å². The fourth-order valence-electron chi connectivity index (χ4n) is 5.07. The Labute approximate surface area is 197 Å². The van der Waals surface area contributed by atoms with Crippen molar-refractivity contribution in [1.82, 2.24) is 0 Å². The first kappa shape index (κ1) is 22.2. The van der Waals surface area contributed by atoms with Crippen molar-refractivity contribution in [2.75, 3.05) is 0 Å². The number of hydrogen-bond acceptors (Lipinski definition) is 2. The van der Waals surface area contributed by atoms with Crippen LogP contribution in [0.25, 0.3) is 11.1 Å². The first-order valence-electron chi connectivity index (χ1n) is 11.3. The molecule has 160 valence electrons. The molecule has 0 aliphatic heterocycles. The first-order valence-corrected chi connectivity index (χ1v) is 11.7. The molecule has 3 aromatic rings. The second kappa shape index (κ2) is 9.25. The zero-order valence-corrected chi connectivity index (χ0v) is 20.4. The molecule has 1 unspecified atom stereocenters. The summed E-state index contributed by atoms with van der Waals surface area (Å²) in [5, 5.41) is 2.46. The fraction of sp³-hybridized carbons (Fsp3) is 0.300. The lowest BCUT2D eigenvalue weighted by atomic mass is 9.79. The van der Waals surface area contributed by atoms with E-state index in [1.165, 1.54) is 41.5 Å². The number of nitrogens with zero attached hydrogens (tertiary/aromatic N) is 1. The van der Waals surface area contributed by atoms with Crippen LogP contribution in [0.2, 0.25) is 0 Å². The van der Waals surface area contributed by atoms with Gasteiger partial charge in [-0.1, -0.05) is 37.0 Å². The van der Waals surface area contributed by atoms with Crippen molar-refractivity contribution in [2.45, 2.75) is 53.9 Å². The Hall–Kier alpha value is -2.98. The summed E-state index contributed by atoms with van der Waals surface area (Å²) in [4.78, 5) is 4.16. The predicted octanol–water partition coefficient (Wildman–Crippen LogP) is 7.85. The van der Waals surface area contributed by atoms with Crippen molar-refractivity contribution in [1.29, 1.82) is 0 Å². The van der Waals surface area contributed by atoms with Crippen molar-refractivity contribution in [2.24, 2.45) is 10.9 Å². The molecule has 0 N–H and O–H groups in total. The molecule has 0 amide bonds. The topological polar surface area (TPSA) is 12.4 Å². The maximum atomic E-state index is 4.75. The van der Waals surface area contributed by atoms with Crippen LogP contribution in [0.4, 0.5) is 5.69 Å². The summed E-state index contributed by atoms with van der Waals surface area (Å²) in [7, 11) is 0. The van der Waals surface area contributed by atoms with E-state index in [0.717, 1.165) is 33.9 Å². The minimum atomic E-state index is 0.793. The van der Waals surface area contributed by atoms with E-state index in [4.69, 9.17) is 12.2 Å². The molecule has 0 saturated heterocycles. The van der Waals surface area contributed by atoms with E-state index in [2.05, 4.69) is 85.2 Å². The summed E-state index contributed by atoms with van der Waals surface area (Å²) in [6, 6.07) is 15.2. The molecule has 0 spiro atoms. The van der Waals surface area contributed by atoms with Gasteiger partial charge in [0.25, 0.3) is 0 Å². The number of benzene rings is 3. The van der Waals surface area contributed by atoms with Crippen LogP contribution < -0.4 is 0 Å². The number of aliphatic imine (C=N–C) groups is 1. The molecule has 1 atom stereocenters. The lowest BCUT2D eigenvalue weighted by Crippen LogP contribution is -2.13. The summed E-state index contributed by atoms with van der Waals surface area (Å²) < 4.78 is 0. The minimum Gasteiger partial charge on any atom is -0.194 e. The minimum absolute atomic E-state index is 0.793. The van der Waals surface area contributed by atoms with E-state index >= 15 is 0 Å². The SMILES string of the molecule is Cc1cc(C#Cc2ccc(-c3c(C)cc4c(c3C)CCC(C)C4)cc2)cc(C)c1N=C=S. The maximum Gasteiger partial charge on any atom is 0.0798 e. The van der Waals surface area contributed by atoms with E-state index in [1.54, 1.807) is 11.1 Å². The molecular formula is C30H29NS. The Bertz CT molecular complexity index is 1270. The quantitative estimate of drug-likeness (QED) is 0.227. The van der Waals surface area contributed by atoms with Crippen LogP contribution in [0.15, 0.2) is 47.5 Å². The normalized spacial score (nSPS) is 14.7. The Kier molecular flexibility index (Phi) is 6.43. The Morgan fingerprint density at radius 1 is 0.875 bits per heavy atom. The standard InChI is InChI=1S/C30H29NS/c1-19-6-13-28-23(5)29(20(2)17-27(28)14-19)26-11-9-24(10-12-26)7-8-25-15-21(3)30(31-18-32)22(4)16-25/h9-12,15-17,19H,6,13-14H2,1-5H3. The van der Waals surface area contributed by atoms with Gasteiger partial charge in [-0.15, -0.1) is 0 Å². The summed E-state index contributed by atoms with van der Waals surface area (Å²) in [6.45, 7) is 11.0. The summed E-state index contributed by atoms with van der Waals surface area (Å²) in [5.41, 5.74) is 13.6. The third kappa shape index (κ3) is 4.46. The Morgan fingerprint density at radius 3 is 2.19 bits per heavy atom. The molecule has 2 heteroatoms. The van der Waals surface area contributed by atoms with Gasteiger partial charge in [-0.25, -0.2) is 0 Å². The highest BCUT2D eigenvalue weighted by Gasteiger charge is 2.20. The van der Waals surface area contributed by atoms with Gasteiger partial charge in [-0.05, 0) is 134 Å². The lowest BCUT2D eigenvalue weighted by Gasteiger charge is -2.26. The molecule has 0 bridgehead atoms. The molecule has 1 aliphatic carbocycles. The molecule has 3 aromatic carbocycles. The first-order chi connectivity index (χ1) is 15.4. The van der Waals surface area contributed by atoms with Gasteiger partial charge in [0.2, 0.25) is 0 Å².